The van der Waals surface area contributed by atoms with Crippen LogP contribution in [0.3, 0.4) is 0 Å². The second-order valence-corrected chi connectivity index (χ2v) is 10.9. The van der Waals surface area contributed by atoms with Gasteiger partial charge in [-0.15, -0.1) is 0 Å². The topological polar surface area (TPSA) is 50.8 Å². The molecule has 44 heavy (non-hydrogen) atoms. The maximum atomic E-state index is 10.1. The second kappa shape index (κ2) is 11.3. The minimum Gasteiger partial charge on any atom is -0.310 e. The number of nitriles is 2. The molecule has 0 aliphatic carbocycles. The van der Waals surface area contributed by atoms with Crippen molar-refractivity contribution in [2.24, 2.45) is 0 Å². The van der Waals surface area contributed by atoms with E-state index in [0.29, 0.717) is 11.1 Å². The van der Waals surface area contributed by atoms with Crippen LogP contribution < -0.4 is 4.90 Å². The smallest absolute Gasteiger partial charge is 0.100 e. The van der Waals surface area contributed by atoms with Crippen LogP contribution in [0.4, 0.5) is 17.1 Å². The number of anilines is 3. The fourth-order valence-electron chi connectivity index (χ4n) is 6.04. The van der Waals surface area contributed by atoms with Crippen LogP contribution >= 0.6 is 0 Å². The molecule has 0 aliphatic rings. The first-order valence-electron chi connectivity index (χ1n) is 14.6. The first-order valence-corrected chi connectivity index (χ1v) is 14.6. The van der Waals surface area contributed by atoms with E-state index in [1.807, 2.05) is 49.4 Å². The third kappa shape index (κ3) is 4.74. The molecule has 0 fully saturated rings. The van der Waals surface area contributed by atoms with Crippen LogP contribution in [0, 0.1) is 29.6 Å². The number of nitrogens with zero attached hydrogens (tertiary/aromatic N) is 3. The normalized spacial score (nSPS) is 11.2. The first-order chi connectivity index (χ1) is 21.6. The lowest BCUT2D eigenvalue weighted by atomic mass is 9.91. The van der Waals surface area contributed by atoms with Gasteiger partial charge in [0.25, 0.3) is 0 Å². The van der Waals surface area contributed by atoms with E-state index in [1.165, 1.54) is 10.8 Å². The molecule has 0 unspecified atom stereocenters. The summed E-state index contributed by atoms with van der Waals surface area (Å²) in [5, 5.41) is 25.8. The maximum Gasteiger partial charge on any atom is 0.100 e. The fourth-order valence-corrected chi connectivity index (χ4v) is 6.04. The third-order valence-electron chi connectivity index (χ3n) is 8.16. The van der Waals surface area contributed by atoms with Gasteiger partial charge >= 0.3 is 0 Å². The highest BCUT2D eigenvalue weighted by Crippen LogP contribution is 2.39. The van der Waals surface area contributed by atoms with E-state index in [9.17, 15) is 10.5 Å². The summed E-state index contributed by atoms with van der Waals surface area (Å²) >= 11 is 0. The summed E-state index contributed by atoms with van der Waals surface area (Å²) in [7, 11) is 0. The van der Waals surface area contributed by atoms with Crippen molar-refractivity contribution in [2.75, 3.05) is 4.90 Å². The molecule has 7 aromatic carbocycles. The Bertz CT molecular complexity index is 2300. The first kappa shape index (κ1) is 26.7. The third-order valence-corrected chi connectivity index (χ3v) is 8.16. The van der Waals surface area contributed by atoms with Gasteiger partial charge in [-0.05, 0) is 59.8 Å². The highest BCUT2D eigenvalue weighted by molar-refractivity contribution is 6.10. The molecular weight excluding hydrogens is 534 g/mol. The monoisotopic (exact) mass is 561 g/mol. The van der Waals surface area contributed by atoms with Gasteiger partial charge in [0, 0.05) is 38.3 Å². The summed E-state index contributed by atoms with van der Waals surface area (Å²) in [4.78, 5) is 2.29. The summed E-state index contributed by atoms with van der Waals surface area (Å²) in [6.07, 6.45) is 4.14. The molecule has 0 saturated heterocycles. The molecule has 3 nitrogen and oxygen atoms in total. The summed E-state index contributed by atoms with van der Waals surface area (Å²) in [5.41, 5.74) is 7.59. The van der Waals surface area contributed by atoms with Gasteiger partial charge in [0.15, 0.2) is 0 Å². The lowest BCUT2D eigenvalue weighted by Gasteiger charge is -2.27. The van der Waals surface area contributed by atoms with Gasteiger partial charge in [0.05, 0.1) is 16.8 Å². The summed E-state index contributed by atoms with van der Waals surface area (Å²) in [6, 6.07) is 50.6. The average Bonchev–Trinajstić information content (AvgIpc) is 3.07. The van der Waals surface area contributed by atoms with Crippen LogP contribution in [-0.4, -0.2) is 0 Å². The number of fused-ring (bicyclic) bond motifs is 3. The predicted molar refractivity (Wildman–Crippen MR) is 183 cm³/mol. The van der Waals surface area contributed by atoms with Crippen LogP contribution in [0.15, 0.2) is 133 Å². The molecular formula is C41H27N3. The Kier molecular flexibility index (Phi) is 6.84. The van der Waals surface area contributed by atoms with Gasteiger partial charge in [0.1, 0.15) is 12.1 Å². The standard InChI is InChI=1S/C41H27N3/c1-28-14-22-35-37(24-28)39(26-42)36-23-19-30(25-38(36)40(35)27-43)16-15-29-17-20-33(21-18-29)44(32-10-3-2-4-11-32)41-13-7-9-31-8-5-6-12-34(31)41/h2-25H,1H3. The largest absolute Gasteiger partial charge is 0.310 e. The molecule has 3 heteroatoms. The Morgan fingerprint density at radius 1 is 0.500 bits per heavy atom. The second-order valence-electron chi connectivity index (χ2n) is 10.9. The zero-order chi connectivity index (χ0) is 30.0. The molecule has 206 valence electrons. The van der Waals surface area contributed by atoms with E-state index in [2.05, 4.69) is 120 Å². The zero-order valence-corrected chi connectivity index (χ0v) is 24.2. The Morgan fingerprint density at radius 3 is 1.84 bits per heavy atom. The minimum atomic E-state index is 0.600. The number of rotatable bonds is 5. The maximum absolute atomic E-state index is 10.1. The molecule has 0 aromatic heterocycles. The van der Waals surface area contributed by atoms with Crippen molar-refractivity contribution in [1.29, 1.82) is 10.5 Å². The van der Waals surface area contributed by atoms with Gasteiger partial charge in [-0.2, -0.15) is 10.5 Å². The number of hydrogen-bond donors (Lipinski definition) is 0. The average molecular weight is 562 g/mol. The Balaban J connectivity index is 1.26. The zero-order valence-electron chi connectivity index (χ0n) is 24.2. The van der Waals surface area contributed by atoms with Crippen LogP contribution in [0.2, 0.25) is 0 Å². The molecule has 7 aromatic rings. The van der Waals surface area contributed by atoms with Crippen molar-refractivity contribution >= 4 is 61.5 Å². The molecule has 0 spiro atoms. The van der Waals surface area contributed by atoms with Gasteiger partial charge < -0.3 is 4.90 Å². The van der Waals surface area contributed by atoms with Crippen LogP contribution in [0.5, 0.6) is 0 Å². The summed E-state index contributed by atoms with van der Waals surface area (Å²) in [6.45, 7) is 2.00. The number of hydrogen-bond acceptors (Lipinski definition) is 3. The van der Waals surface area contributed by atoms with E-state index >= 15 is 0 Å². The predicted octanol–water partition coefficient (Wildman–Crippen LogP) is 10.8. The van der Waals surface area contributed by atoms with Gasteiger partial charge in [-0.25, -0.2) is 0 Å². The Morgan fingerprint density at radius 2 is 1.09 bits per heavy atom. The number of para-hydroxylation sites is 1. The van der Waals surface area contributed by atoms with E-state index in [-0.39, 0.29) is 0 Å². The molecule has 0 heterocycles. The lowest BCUT2D eigenvalue weighted by molar-refractivity contribution is 1.30. The molecule has 0 N–H and O–H groups in total. The quantitative estimate of drug-likeness (QED) is 0.155. The van der Waals surface area contributed by atoms with E-state index < -0.39 is 0 Å². The van der Waals surface area contributed by atoms with Crippen molar-refractivity contribution in [3.8, 4) is 12.1 Å². The highest BCUT2D eigenvalue weighted by atomic mass is 15.1. The molecule has 7 rings (SSSR count). The van der Waals surface area contributed by atoms with E-state index in [0.717, 1.165) is 55.3 Å². The molecule has 0 bridgehead atoms. The molecule has 0 radical (unpaired) electrons. The molecule has 0 atom stereocenters. The number of benzene rings is 7. The van der Waals surface area contributed by atoms with Crippen molar-refractivity contribution in [3.63, 3.8) is 0 Å². The molecule has 0 aliphatic heterocycles. The van der Waals surface area contributed by atoms with Crippen molar-refractivity contribution in [2.45, 2.75) is 6.92 Å². The minimum absolute atomic E-state index is 0.600. The van der Waals surface area contributed by atoms with Gasteiger partial charge in [0.2, 0.25) is 0 Å². The van der Waals surface area contributed by atoms with Crippen LogP contribution in [0.25, 0.3) is 44.5 Å². The van der Waals surface area contributed by atoms with Crippen molar-refractivity contribution in [1.82, 2.24) is 0 Å². The Labute approximate surface area is 256 Å². The SMILES string of the molecule is Cc1ccc2c(C#N)c3cc(C=Cc4ccc(N(c5ccccc5)c5cccc6ccccc56)cc4)ccc3c(C#N)c2c1. The Hall–Kier alpha value is -6.16. The fraction of sp³-hybridized carbons (Fsp3) is 0.0244. The molecule has 0 saturated carbocycles. The summed E-state index contributed by atoms with van der Waals surface area (Å²) in [5.74, 6) is 0. The van der Waals surface area contributed by atoms with Crippen LogP contribution in [-0.2, 0) is 0 Å². The number of aryl methyl sites for hydroxylation is 1. The van der Waals surface area contributed by atoms with Crippen molar-refractivity contribution < 1.29 is 0 Å². The van der Waals surface area contributed by atoms with Crippen LogP contribution in [0.1, 0.15) is 27.8 Å². The van der Waals surface area contributed by atoms with Gasteiger partial charge in [-0.1, -0.05) is 115 Å². The van der Waals surface area contributed by atoms with E-state index in [1.54, 1.807) is 0 Å². The highest BCUT2D eigenvalue weighted by Gasteiger charge is 2.16. The summed E-state index contributed by atoms with van der Waals surface area (Å²) < 4.78 is 0. The van der Waals surface area contributed by atoms with Crippen molar-refractivity contribution in [3.05, 3.63) is 161 Å². The lowest BCUT2D eigenvalue weighted by Crippen LogP contribution is -2.10. The van der Waals surface area contributed by atoms with Gasteiger partial charge in [-0.3, -0.25) is 0 Å². The van der Waals surface area contributed by atoms with E-state index in [4.69, 9.17) is 0 Å². The molecule has 0 amide bonds.